The first-order chi connectivity index (χ1) is 9.95. The predicted molar refractivity (Wildman–Crippen MR) is 75.1 cm³/mol. The van der Waals surface area contributed by atoms with Crippen molar-refractivity contribution in [2.24, 2.45) is 0 Å². The minimum Gasteiger partial charge on any atom is -0.481 e. The van der Waals surface area contributed by atoms with Gasteiger partial charge in [-0.1, -0.05) is 0 Å². The van der Waals surface area contributed by atoms with Gasteiger partial charge < -0.3 is 15.4 Å². The summed E-state index contributed by atoms with van der Waals surface area (Å²) in [5, 5.41) is 6.23. The molecule has 1 fully saturated rings. The summed E-state index contributed by atoms with van der Waals surface area (Å²) >= 11 is 0. The Hall–Kier alpha value is -1.69. The van der Waals surface area contributed by atoms with Crippen molar-refractivity contribution < 1.29 is 18.3 Å². The maximum absolute atomic E-state index is 13.1. The Morgan fingerprint density at radius 3 is 2.86 bits per heavy atom. The molecule has 0 bridgehead atoms. The number of nitrogens with one attached hydrogen (secondary N) is 2. The average Bonchev–Trinajstić information content (AvgIpc) is 2.43. The zero-order valence-electron chi connectivity index (χ0n) is 12.2. The molecule has 2 rings (SSSR count). The van der Waals surface area contributed by atoms with Gasteiger partial charge in [-0.3, -0.25) is 4.79 Å². The quantitative estimate of drug-likeness (QED) is 0.894. The van der Waals surface area contributed by atoms with E-state index in [0.717, 1.165) is 31.5 Å². The average molecular weight is 298 g/mol. The molecule has 1 saturated heterocycles. The van der Waals surface area contributed by atoms with E-state index in [-0.39, 0.29) is 17.7 Å². The van der Waals surface area contributed by atoms with Crippen molar-refractivity contribution in [1.82, 2.24) is 10.6 Å². The summed E-state index contributed by atoms with van der Waals surface area (Å²) in [6.45, 7) is 4.52. The molecule has 1 aliphatic heterocycles. The van der Waals surface area contributed by atoms with E-state index in [2.05, 4.69) is 17.6 Å². The molecule has 116 valence electrons. The molecule has 0 saturated carbocycles. The Morgan fingerprint density at radius 2 is 2.19 bits per heavy atom. The molecule has 0 spiro atoms. The number of piperidine rings is 1. The zero-order valence-corrected chi connectivity index (χ0v) is 12.2. The molecule has 1 aliphatic rings. The molecule has 0 aromatic heterocycles. The van der Waals surface area contributed by atoms with Crippen LogP contribution in [0.25, 0.3) is 0 Å². The fourth-order valence-electron chi connectivity index (χ4n) is 2.39. The third-order valence-corrected chi connectivity index (χ3v) is 3.54. The van der Waals surface area contributed by atoms with Crippen LogP contribution in [0.15, 0.2) is 18.2 Å². The van der Waals surface area contributed by atoms with Crippen LogP contribution in [0.3, 0.4) is 0 Å². The lowest BCUT2D eigenvalue weighted by molar-refractivity contribution is -0.128. The van der Waals surface area contributed by atoms with Crippen LogP contribution in [0.2, 0.25) is 0 Å². The fraction of sp³-hybridized carbons (Fsp3) is 0.533. The lowest BCUT2D eigenvalue weighted by atomic mass is 10.0. The number of carbonyl (C=O) groups is 1. The molecular formula is C15H20F2N2O2. The summed E-state index contributed by atoms with van der Waals surface area (Å²) in [5.74, 6) is -2.05. The van der Waals surface area contributed by atoms with Crippen LogP contribution < -0.4 is 15.4 Å². The van der Waals surface area contributed by atoms with Crippen molar-refractivity contribution in [1.29, 1.82) is 0 Å². The molecule has 0 radical (unpaired) electrons. The van der Waals surface area contributed by atoms with Crippen LogP contribution in [-0.4, -0.2) is 30.6 Å². The second-order valence-corrected chi connectivity index (χ2v) is 5.42. The molecule has 1 amide bonds. The number of hydrogen-bond donors (Lipinski definition) is 2. The van der Waals surface area contributed by atoms with Crippen LogP contribution in [0.5, 0.6) is 5.75 Å². The van der Waals surface area contributed by atoms with Crippen molar-refractivity contribution in [2.75, 3.05) is 6.54 Å². The van der Waals surface area contributed by atoms with Gasteiger partial charge in [0.05, 0.1) is 0 Å². The highest BCUT2D eigenvalue weighted by Gasteiger charge is 2.23. The molecule has 6 heteroatoms. The first-order valence-electron chi connectivity index (χ1n) is 7.11. The highest BCUT2D eigenvalue weighted by atomic mass is 19.2. The minimum atomic E-state index is -0.993. The van der Waals surface area contributed by atoms with Crippen molar-refractivity contribution in [3.63, 3.8) is 0 Å². The first-order valence-corrected chi connectivity index (χ1v) is 7.11. The van der Waals surface area contributed by atoms with Crippen LogP contribution in [0.1, 0.15) is 26.7 Å². The number of amides is 1. The Kier molecular flexibility index (Phi) is 5.12. The Balaban J connectivity index is 1.88. The van der Waals surface area contributed by atoms with Gasteiger partial charge in [0.15, 0.2) is 17.7 Å². The van der Waals surface area contributed by atoms with E-state index in [1.54, 1.807) is 6.92 Å². The molecule has 21 heavy (non-hydrogen) atoms. The van der Waals surface area contributed by atoms with Crippen molar-refractivity contribution in [2.45, 2.75) is 44.9 Å². The van der Waals surface area contributed by atoms with E-state index in [4.69, 9.17) is 4.74 Å². The van der Waals surface area contributed by atoms with Gasteiger partial charge in [0, 0.05) is 18.2 Å². The zero-order chi connectivity index (χ0) is 15.4. The van der Waals surface area contributed by atoms with Gasteiger partial charge in [-0.15, -0.1) is 0 Å². The predicted octanol–water partition coefficient (Wildman–Crippen LogP) is 1.99. The topological polar surface area (TPSA) is 50.4 Å². The molecule has 4 nitrogen and oxygen atoms in total. The second kappa shape index (κ2) is 6.85. The number of carbonyl (C=O) groups excluding carboxylic acids is 1. The Morgan fingerprint density at radius 1 is 1.43 bits per heavy atom. The van der Waals surface area contributed by atoms with Gasteiger partial charge in [0.1, 0.15) is 5.75 Å². The van der Waals surface area contributed by atoms with Crippen LogP contribution in [-0.2, 0) is 4.79 Å². The molecule has 2 N–H and O–H groups in total. The summed E-state index contributed by atoms with van der Waals surface area (Å²) < 4.78 is 31.3. The maximum atomic E-state index is 13.1. The monoisotopic (exact) mass is 298 g/mol. The van der Waals surface area contributed by atoms with Gasteiger partial charge >= 0.3 is 0 Å². The summed E-state index contributed by atoms with van der Waals surface area (Å²) in [6, 6.07) is 3.70. The SMILES string of the molecule is CC1CC(NC(=O)C(C)Oc2ccc(F)c(F)c2)CCN1. The van der Waals surface area contributed by atoms with E-state index >= 15 is 0 Å². The first kappa shape index (κ1) is 15.7. The second-order valence-electron chi connectivity index (χ2n) is 5.42. The van der Waals surface area contributed by atoms with Crippen molar-refractivity contribution >= 4 is 5.91 Å². The van der Waals surface area contributed by atoms with E-state index < -0.39 is 17.7 Å². The lowest BCUT2D eigenvalue weighted by Crippen LogP contribution is -2.49. The Bertz CT molecular complexity index is 510. The van der Waals surface area contributed by atoms with E-state index in [1.807, 2.05) is 0 Å². The van der Waals surface area contributed by atoms with E-state index in [0.29, 0.717) is 6.04 Å². The minimum absolute atomic E-state index is 0.116. The highest BCUT2D eigenvalue weighted by molar-refractivity contribution is 5.81. The van der Waals surface area contributed by atoms with Crippen LogP contribution in [0, 0.1) is 11.6 Å². The molecule has 3 atom stereocenters. The van der Waals surface area contributed by atoms with Gasteiger partial charge in [-0.05, 0) is 45.4 Å². The number of rotatable bonds is 4. The summed E-state index contributed by atoms with van der Waals surface area (Å²) in [7, 11) is 0. The number of ether oxygens (including phenoxy) is 1. The van der Waals surface area contributed by atoms with Crippen LogP contribution in [0.4, 0.5) is 8.78 Å². The van der Waals surface area contributed by atoms with Crippen LogP contribution >= 0.6 is 0 Å². The molecule has 3 unspecified atom stereocenters. The van der Waals surface area contributed by atoms with Gasteiger partial charge in [0.2, 0.25) is 0 Å². The van der Waals surface area contributed by atoms with Crippen molar-refractivity contribution in [3.05, 3.63) is 29.8 Å². The highest BCUT2D eigenvalue weighted by Crippen LogP contribution is 2.17. The third-order valence-electron chi connectivity index (χ3n) is 3.54. The molecule has 1 heterocycles. The number of halogens is 2. The van der Waals surface area contributed by atoms with E-state index in [1.165, 1.54) is 6.07 Å². The largest absolute Gasteiger partial charge is 0.481 e. The van der Waals surface area contributed by atoms with Gasteiger partial charge in [-0.2, -0.15) is 0 Å². The third kappa shape index (κ3) is 4.39. The number of hydrogen-bond acceptors (Lipinski definition) is 3. The summed E-state index contributed by atoms with van der Waals surface area (Å²) in [5.41, 5.74) is 0. The standard InChI is InChI=1S/C15H20F2N2O2/c1-9-7-11(5-6-18-9)19-15(20)10(2)21-12-3-4-13(16)14(17)8-12/h3-4,8-11,18H,5-7H2,1-2H3,(H,19,20). The van der Waals surface area contributed by atoms with Gasteiger partial charge in [0.25, 0.3) is 5.91 Å². The molecular weight excluding hydrogens is 278 g/mol. The Labute approximate surface area is 122 Å². The number of benzene rings is 1. The summed E-state index contributed by atoms with van der Waals surface area (Å²) in [6.07, 6.45) is 0.970. The maximum Gasteiger partial charge on any atom is 0.260 e. The normalized spacial score (nSPS) is 23.4. The van der Waals surface area contributed by atoms with E-state index in [9.17, 15) is 13.6 Å². The molecule has 0 aliphatic carbocycles. The molecule has 1 aromatic carbocycles. The smallest absolute Gasteiger partial charge is 0.260 e. The molecule has 1 aromatic rings. The lowest BCUT2D eigenvalue weighted by Gasteiger charge is -2.29. The van der Waals surface area contributed by atoms with Gasteiger partial charge in [-0.25, -0.2) is 8.78 Å². The summed E-state index contributed by atoms with van der Waals surface area (Å²) in [4.78, 5) is 12.0. The fourth-order valence-corrected chi connectivity index (χ4v) is 2.39. The van der Waals surface area contributed by atoms with Crippen molar-refractivity contribution in [3.8, 4) is 5.75 Å².